The second kappa shape index (κ2) is 7.04. The summed E-state index contributed by atoms with van der Waals surface area (Å²) in [6.45, 7) is 10.1. The number of carbonyl (C=O) groups excluding carboxylic acids is 2. The lowest BCUT2D eigenvalue weighted by Crippen LogP contribution is -2.69. The molecule has 2 heterocycles. The molecule has 2 aliphatic heterocycles. The molecule has 0 unspecified atom stereocenters. The molecule has 3 saturated carbocycles. The highest BCUT2D eigenvalue weighted by Gasteiger charge is 2.78. The molecule has 6 nitrogen and oxygen atoms in total. The molecule has 0 spiro atoms. The van der Waals surface area contributed by atoms with Gasteiger partial charge in [-0.15, -0.1) is 0 Å². The van der Waals surface area contributed by atoms with Crippen LogP contribution in [0.5, 0.6) is 0 Å². The van der Waals surface area contributed by atoms with E-state index in [-0.39, 0.29) is 65.1 Å². The van der Waals surface area contributed by atoms with Crippen LogP contribution in [0.25, 0.3) is 0 Å². The molecule has 34 heavy (non-hydrogen) atoms. The van der Waals surface area contributed by atoms with Gasteiger partial charge in [-0.1, -0.05) is 25.5 Å². The highest BCUT2D eigenvalue weighted by Crippen LogP contribution is 2.71. The number of cyclic esters (lactones) is 1. The summed E-state index contributed by atoms with van der Waals surface area (Å²) in [5, 5.41) is 23.5. The van der Waals surface area contributed by atoms with Crippen molar-refractivity contribution in [1.29, 1.82) is 0 Å². The lowest BCUT2D eigenvalue weighted by atomic mass is 9.43. The van der Waals surface area contributed by atoms with Crippen molar-refractivity contribution < 1.29 is 29.3 Å². The van der Waals surface area contributed by atoms with Crippen LogP contribution < -0.4 is 0 Å². The van der Waals surface area contributed by atoms with E-state index in [0.717, 1.165) is 24.8 Å². The Morgan fingerprint density at radius 1 is 1.15 bits per heavy atom. The van der Waals surface area contributed by atoms with E-state index in [1.165, 1.54) is 0 Å². The fraction of sp³-hybridized carbons (Fsp3) is 0.786. The van der Waals surface area contributed by atoms with Gasteiger partial charge in [-0.2, -0.15) is 0 Å². The topological polar surface area (TPSA) is 96.4 Å². The summed E-state index contributed by atoms with van der Waals surface area (Å²) < 4.78 is 12.0. The van der Waals surface area contributed by atoms with E-state index >= 15 is 0 Å². The van der Waals surface area contributed by atoms with Gasteiger partial charge >= 0.3 is 5.97 Å². The number of rotatable bonds is 2. The third kappa shape index (κ3) is 2.58. The zero-order valence-corrected chi connectivity index (χ0v) is 20.9. The zero-order chi connectivity index (χ0) is 24.4. The number of aliphatic hydroxyl groups excluding tert-OH is 1. The molecule has 0 aromatic heterocycles. The third-order valence-electron chi connectivity index (χ3n) is 11.7. The minimum absolute atomic E-state index is 0.0318. The first-order valence-electron chi connectivity index (χ1n) is 13.1. The summed E-state index contributed by atoms with van der Waals surface area (Å²) in [4.78, 5) is 25.7. The molecule has 0 aromatic carbocycles. The number of ketones is 1. The Morgan fingerprint density at radius 2 is 1.88 bits per heavy atom. The van der Waals surface area contributed by atoms with Crippen molar-refractivity contribution in [3.63, 3.8) is 0 Å². The van der Waals surface area contributed by atoms with Crippen molar-refractivity contribution in [2.75, 3.05) is 0 Å². The summed E-state index contributed by atoms with van der Waals surface area (Å²) in [7, 11) is 0. The third-order valence-corrected chi connectivity index (χ3v) is 11.7. The van der Waals surface area contributed by atoms with Crippen LogP contribution in [0.4, 0.5) is 0 Å². The van der Waals surface area contributed by atoms with Crippen LogP contribution in [0.1, 0.15) is 66.7 Å². The predicted octanol–water partition coefficient (Wildman–Crippen LogP) is 3.35. The van der Waals surface area contributed by atoms with Crippen LogP contribution >= 0.6 is 0 Å². The quantitative estimate of drug-likeness (QED) is 0.475. The SMILES string of the molecule is CC1=C(C)C(=O)O[C@@H]([C@H](C)[C@@H]2CC[C@@H]3[C@@H]4[C@H]5O[C@H]5[C@@]5(O)CC=CC(=O)[C@@]5(C)[C@@H]4C[C@@H](O)[C@]32C)C1. The molecular weight excluding hydrogens is 432 g/mol. The van der Waals surface area contributed by atoms with Crippen LogP contribution in [0.3, 0.4) is 0 Å². The molecule has 12 atom stereocenters. The number of allylic oxidation sites excluding steroid dienone is 1. The van der Waals surface area contributed by atoms with E-state index < -0.39 is 17.1 Å². The van der Waals surface area contributed by atoms with Crippen molar-refractivity contribution in [3.8, 4) is 0 Å². The first-order valence-corrected chi connectivity index (χ1v) is 13.1. The van der Waals surface area contributed by atoms with Crippen LogP contribution in [-0.4, -0.2) is 52.0 Å². The minimum atomic E-state index is -1.19. The Kier molecular flexibility index (Phi) is 4.75. The number of aliphatic hydroxyl groups is 2. The molecule has 0 amide bonds. The number of carbonyl (C=O) groups is 2. The van der Waals surface area contributed by atoms with E-state index in [1.807, 2.05) is 20.8 Å². The molecule has 186 valence electrons. The second-order valence-electron chi connectivity index (χ2n) is 12.6. The van der Waals surface area contributed by atoms with Crippen molar-refractivity contribution in [2.45, 2.75) is 96.7 Å². The van der Waals surface area contributed by atoms with Crippen molar-refractivity contribution in [1.82, 2.24) is 0 Å². The summed E-state index contributed by atoms with van der Waals surface area (Å²) in [5.74, 6) is 0.333. The molecular formula is C28H38O6. The van der Waals surface area contributed by atoms with E-state index in [9.17, 15) is 19.8 Å². The molecule has 2 N–H and O–H groups in total. The number of ether oxygens (including phenoxy) is 2. The predicted molar refractivity (Wildman–Crippen MR) is 124 cm³/mol. The maximum atomic E-state index is 13.3. The standard InChI is InChI=1S/C28H38O6/c1-13-11-19(33-25(31)14(13)2)15(3)16-8-9-17-22-18(12-21(30)26(16,17)4)27(5)20(29)7-6-10-28(27,32)24-23(22)34-24/h6-7,15-19,21-24,30,32H,8-12H2,1-5H3/t15-,16+,17-,18-,19-,21-,22+,23-,24-,26+,27-,28+/m1/s1. The van der Waals surface area contributed by atoms with E-state index in [2.05, 4.69) is 13.8 Å². The van der Waals surface area contributed by atoms with Crippen LogP contribution in [0, 0.1) is 40.4 Å². The fourth-order valence-electron chi connectivity index (χ4n) is 9.31. The van der Waals surface area contributed by atoms with Crippen LogP contribution in [0.2, 0.25) is 0 Å². The van der Waals surface area contributed by atoms with Gasteiger partial charge in [0, 0.05) is 12.0 Å². The van der Waals surface area contributed by atoms with Crippen molar-refractivity contribution in [2.24, 2.45) is 40.4 Å². The summed E-state index contributed by atoms with van der Waals surface area (Å²) in [5.41, 5.74) is -0.664. The van der Waals surface area contributed by atoms with E-state index in [4.69, 9.17) is 9.47 Å². The van der Waals surface area contributed by atoms with E-state index in [1.54, 1.807) is 12.2 Å². The van der Waals surface area contributed by atoms with Gasteiger partial charge in [-0.05, 0) is 87.5 Å². The van der Waals surface area contributed by atoms with Gasteiger partial charge in [0.2, 0.25) is 0 Å². The fourth-order valence-corrected chi connectivity index (χ4v) is 9.31. The molecule has 6 aliphatic rings. The molecule has 4 fully saturated rings. The number of hydrogen-bond donors (Lipinski definition) is 2. The van der Waals surface area contributed by atoms with Gasteiger partial charge in [0.1, 0.15) is 17.8 Å². The average Bonchev–Trinajstić information content (AvgIpc) is 3.51. The highest BCUT2D eigenvalue weighted by molar-refractivity contribution is 5.97. The smallest absolute Gasteiger partial charge is 0.333 e. The van der Waals surface area contributed by atoms with Crippen LogP contribution in [-0.2, 0) is 19.1 Å². The summed E-state index contributed by atoms with van der Waals surface area (Å²) in [6, 6.07) is 0. The molecule has 6 rings (SSSR count). The normalized spacial score (nSPS) is 54.6. The Bertz CT molecular complexity index is 1010. The summed E-state index contributed by atoms with van der Waals surface area (Å²) >= 11 is 0. The lowest BCUT2D eigenvalue weighted by Gasteiger charge is -2.61. The van der Waals surface area contributed by atoms with Crippen molar-refractivity contribution >= 4 is 11.8 Å². The average molecular weight is 471 g/mol. The van der Waals surface area contributed by atoms with Gasteiger partial charge < -0.3 is 19.7 Å². The maximum absolute atomic E-state index is 13.3. The Balaban J connectivity index is 1.34. The Hall–Kier alpha value is -1.50. The Labute approximate surface area is 201 Å². The minimum Gasteiger partial charge on any atom is -0.458 e. The zero-order valence-electron chi connectivity index (χ0n) is 20.9. The van der Waals surface area contributed by atoms with Gasteiger partial charge in [-0.3, -0.25) is 4.79 Å². The largest absolute Gasteiger partial charge is 0.458 e. The monoisotopic (exact) mass is 470 g/mol. The number of fused-ring (bicyclic) bond motifs is 8. The van der Waals surface area contributed by atoms with Crippen LogP contribution in [0.15, 0.2) is 23.3 Å². The molecule has 0 aromatic rings. The van der Waals surface area contributed by atoms with Gasteiger partial charge in [-0.25, -0.2) is 4.79 Å². The first-order chi connectivity index (χ1) is 16.0. The van der Waals surface area contributed by atoms with Gasteiger partial charge in [0.25, 0.3) is 0 Å². The Morgan fingerprint density at radius 3 is 2.59 bits per heavy atom. The summed E-state index contributed by atoms with van der Waals surface area (Å²) in [6.07, 6.45) is 5.89. The number of esters is 1. The maximum Gasteiger partial charge on any atom is 0.333 e. The molecule has 0 bridgehead atoms. The van der Waals surface area contributed by atoms with E-state index in [0.29, 0.717) is 18.4 Å². The lowest BCUT2D eigenvalue weighted by molar-refractivity contribution is -0.201. The first kappa shape index (κ1) is 22.9. The molecule has 1 saturated heterocycles. The highest BCUT2D eigenvalue weighted by atomic mass is 16.6. The second-order valence-corrected chi connectivity index (χ2v) is 12.6. The molecule has 0 radical (unpaired) electrons. The number of hydrogen-bond acceptors (Lipinski definition) is 6. The molecule has 6 heteroatoms. The molecule has 4 aliphatic carbocycles. The van der Waals surface area contributed by atoms with Gasteiger partial charge in [0.05, 0.1) is 17.6 Å². The van der Waals surface area contributed by atoms with Gasteiger partial charge in [0.15, 0.2) is 5.78 Å². The van der Waals surface area contributed by atoms with Crippen molar-refractivity contribution in [3.05, 3.63) is 23.3 Å². The number of epoxide rings is 1.